The number of aromatic nitrogens is 4. The fourth-order valence-electron chi connectivity index (χ4n) is 4.71. The Balaban J connectivity index is 1.65. The van der Waals surface area contributed by atoms with Gasteiger partial charge in [0.15, 0.2) is 0 Å². The molecule has 2 atom stereocenters. The molecule has 0 saturated carbocycles. The first kappa shape index (κ1) is 28.7. The zero-order valence-corrected chi connectivity index (χ0v) is 23.8. The Morgan fingerprint density at radius 3 is 2.48 bits per heavy atom. The van der Waals surface area contributed by atoms with Crippen LogP contribution in [0, 0.1) is 5.82 Å². The molecule has 0 amide bonds. The third kappa shape index (κ3) is 6.41. The van der Waals surface area contributed by atoms with Gasteiger partial charge in [0.05, 0.1) is 37.7 Å². The highest BCUT2D eigenvalue weighted by molar-refractivity contribution is 5.76. The summed E-state index contributed by atoms with van der Waals surface area (Å²) in [7, 11) is 3.47. The second kappa shape index (κ2) is 12.4. The van der Waals surface area contributed by atoms with E-state index in [1.165, 1.54) is 12.1 Å². The van der Waals surface area contributed by atoms with Crippen molar-refractivity contribution in [2.24, 2.45) is 7.05 Å². The summed E-state index contributed by atoms with van der Waals surface area (Å²) in [5.74, 6) is 1.55. The largest absolute Gasteiger partial charge is 0.511 e. The molecule has 2 aromatic carbocycles. The van der Waals surface area contributed by atoms with Crippen molar-refractivity contribution >= 4 is 24.0 Å². The summed E-state index contributed by atoms with van der Waals surface area (Å²) in [6.07, 6.45) is 2.35. The maximum atomic E-state index is 14.0. The highest BCUT2D eigenvalue weighted by Gasteiger charge is 2.28. The van der Waals surface area contributed by atoms with Crippen LogP contribution < -0.4 is 9.64 Å². The molecule has 0 unspecified atom stereocenters. The molecular weight excluding hydrogens is 541 g/mol. The predicted octanol–water partition coefficient (Wildman–Crippen LogP) is 5.74. The number of ether oxygens (including phenoxy) is 3. The minimum Gasteiger partial charge on any atom is -0.497 e. The maximum absolute atomic E-state index is 14.0. The minimum absolute atomic E-state index is 0.0391. The molecule has 218 valence electrons. The number of methoxy groups -OCH3 is 1. The number of benzene rings is 2. The second-order valence-electron chi connectivity index (χ2n) is 10.2. The summed E-state index contributed by atoms with van der Waals surface area (Å²) in [4.78, 5) is 23.8. The van der Waals surface area contributed by atoms with E-state index in [4.69, 9.17) is 19.4 Å². The lowest BCUT2D eigenvalue weighted by Gasteiger charge is -2.26. The minimum atomic E-state index is -1.26. The maximum Gasteiger partial charge on any atom is 0.511 e. The van der Waals surface area contributed by atoms with Crippen LogP contribution in [-0.4, -0.2) is 50.5 Å². The van der Waals surface area contributed by atoms with E-state index in [2.05, 4.69) is 9.84 Å². The van der Waals surface area contributed by atoms with Gasteiger partial charge in [0, 0.05) is 24.2 Å². The molecule has 1 fully saturated rings. The zero-order valence-electron chi connectivity index (χ0n) is 23.8. The van der Waals surface area contributed by atoms with Crippen molar-refractivity contribution in [1.29, 1.82) is 0 Å². The van der Waals surface area contributed by atoms with Crippen molar-refractivity contribution in [1.82, 2.24) is 19.7 Å². The number of aliphatic hydroxyl groups is 1. The zero-order chi connectivity index (χ0) is 29.8. The van der Waals surface area contributed by atoms with E-state index in [0.29, 0.717) is 29.3 Å². The van der Waals surface area contributed by atoms with Crippen molar-refractivity contribution in [2.45, 2.75) is 45.1 Å². The average molecular weight is 574 g/mol. The van der Waals surface area contributed by atoms with E-state index in [-0.39, 0.29) is 18.2 Å². The van der Waals surface area contributed by atoms with Crippen LogP contribution in [0.2, 0.25) is 0 Å². The lowest BCUT2D eigenvalue weighted by Crippen LogP contribution is -2.33. The van der Waals surface area contributed by atoms with Gasteiger partial charge in [-0.15, -0.1) is 0 Å². The van der Waals surface area contributed by atoms with Crippen molar-refractivity contribution in [2.75, 3.05) is 12.0 Å². The molecule has 1 aliphatic heterocycles. The summed E-state index contributed by atoms with van der Waals surface area (Å²) in [5.41, 5.74) is 3.67. The number of hydrogen-bond donors (Lipinski definition) is 1. The first-order chi connectivity index (χ1) is 20.2. The van der Waals surface area contributed by atoms with E-state index < -0.39 is 18.5 Å². The highest BCUT2D eigenvalue weighted by atomic mass is 19.1. The van der Waals surface area contributed by atoms with Crippen LogP contribution in [0.25, 0.3) is 17.3 Å². The van der Waals surface area contributed by atoms with Gasteiger partial charge in [0.25, 0.3) is 0 Å². The summed E-state index contributed by atoms with van der Waals surface area (Å²) in [5, 5.41) is 14.2. The smallest absolute Gasteiger partial charge is 0.497 e. The predicted molar refractivity (Wildman–Crippen MR) is 155 cm³/mol. The van der Waals surface area contributed by atoms with Crippen LogP contribution in [0.3, 0.4) is 0 Å². The number of carbonyl (C=O) groups excluding carboxylic acids is 1. The molecule has 0 bridgehead atoms. The van der Waals surface area contributed by atoms with Crippen LogP contribution in [0.15, 0.2) is 66.9 Å². The second-order valence-corrected chi connectivity index (χ2v) is 10.2. The van der Waals surface area contributed by atoms with Crippen molar-refractivity contribution < 1.29 is 28.5 Å². The Morgan fingerprint density at radius 2 is 1.86 bits per heavy atom. The quantitative estimate of drug-likeness (QED) is 0.250. The first-order valence-electron chi connectivity index (χ1n) is 13.5. The van der Waals surface area contributed by atoms with E-state index >= 15 is 0 Å². The number of rotatable bonds is 9. The molecule has 2 aromatic heterocycles. The van der Waals surface area contributed by atoms with Gasteiger partial charge in [-0.2, -0.15) is 5.10 Å². The monoisotopic (exact) mass is 573 g/mol. The standard InChI is InChI=1S/C31H32FN5O5/c1-19(2)28-25(14-13-24-17-27(38)42-31(39)41-24)29(21-7-9-22(32)10-8-21)35-30(34-28)37(26-15-16-33-36(26)3)18-20-5-11-23(40-4)12-6-20/h5-16,19,24,27,38H,17-18H2,1-4H3/t24-,27+/m1/s1. The summed E-state index contributed by atoms with van der Waals surface area (Å²) in [6.45, 7) is 4.48. The number of aryl methyl sites for hydroxylation is 1. The van der Waals surface area contributed by atoms with Crippen molar-refractivity contribution in [3.05, 3.63) is 89.5 Å². The molecule has 0 aliphatic carbocycles. The number of cyclic esters (lactones) is 2. The fraction of sp³-hybridized carbons (Fsp3) is 0.290. The van der Waals surface area contributed by atoms with Crippen LogP contribution in [-0.2, 0) is 23.1 Å². The van der Waals surface area contributed by atoms with Crippen LogP contribution in [0.5, 0.6) is 5.75 Å². The molecule has 3 heterocycles. The molecule has 4 aromatic rings. The Hall–Kier alpha value is -4.77. The topological polar surface area (TPSA) is 112 Å². The van der Waals surface area contributed by atoms with E-state index in [9.17, 15) is 14.3 Å². The lowest BCUT2D eigenvalue weighted by molar-refractivity contribution is -0.135. The van der Waals surface area contributed by atoms with E-state index in [0.717, 1.165) is 22.8 Å². The van der Waals surface area contributed by atoms with Gasteiger partial charge in [-0.1, -0.05) is 32.1 Å². The summed E-state index contributed by atoms with van der Waals surface area (Å²) >= 11 is 0. The molecule has 1 N–H and O–H groups in total. The SMILES string of the molecule is COc1ccc(CN(c2nc(-c3ccc(F)cc3)c(C=C[C@@H]3C[C@@H](O)OC(=O)O3)c(C(C)C)n2)c2ccnn2C)cc1. The van der Waals surface area contributed by atoms with Crippen LogP contribution in [0.1, 0.15) is 43.0 Å². The highest BCUT2D eigenvalue weighted by Crippen LogP contribution is 2.34. The van der Waals surface area contributed by atoms with Crippen LogP contribution >= 0.6 is 0 Å². The van der Waals surface area contributed by atoms with Gasteiger partial charge in [-0.25, -0.2) is 19.2 Å². The number of carbonyl (C=O) groups is 1. The normalized spacial score (nSPS) is 16.9. The molecule has 5 rings (SSSR count). The Kier molecular flexibility index (Phi) is 8.48. The fourth-order valence-corrected chi connectivity index (χ4v) is 4.71. The number of nitrogens with zero attached hydrogens (tertiary/aromatic N) is 5. The van der Waals surface area contributed by atoms with E-state index in [1.54, 1.807) is 42.3 Å². The first-order valence-corrected chi connectivity index (χ1v) is 13.5. The molecule has 10 nitrogen and oxygen atoms in total. The van der Waals surface area contributed by atoms with Crippen LogP contribution in [0.4, 0.5) is 21.0 Å². The van der Waals surface area contributed by atoms with Crippen molar-refractivity contribution in [3.8, 4) is 17.0 Å². The lowest BCUT2D eigenvalue weighted by atomic mass is 9.97. The Labute approximate surface area is 243 Å². The van der Waals surface area contributed by atoms with E-state index in [1.807, 2.05) is 56.1 Å². The summed E-state index contributed by atoms with van der Waals surface area (Å²) < 4.78 is 30.9. The van der Waals surface area contributed by atoms with Crippen molar-refractivity contribution in [3.63, 3.8) is 0 Å². The van der Waals surface area contributed by atoms with Gasteiger partial charge in [0.2, 0.25) is 12.2 Å². The molecule has 0 spiro atoms. The molecular formula is C31H32FN5O5. The van der Waals surface area contributed by atoms with Gasteiger partial charge >= 0.3 is 6.16 Å². The number of hydrogen-bond acceptors (Lipinski definition) is 9. The Morgan fingerprint density at radius 1 is 1.12 bits per heavy atom. The molecule has 0 radical (unpaired) electrons. The molecule has 1 aliphatic rings. The average Bonchev–Trinajstić information content (AvgIpc) is 3.40. The van der Waals surface area contributed by atoms with Gasteiger partial charge < -0.3 is 19.3 Å². The number of anilines is 2. The molecule has 1 saturated heterocycles. The molecule has 11 heteroatoms. The Bertz CT molecular complexity index is 1570. The third-order valence-corrected chi connectivity index (χ3v) is 6.83. The third-order valence-electron chi connectivity index (χ3n) is 6.83. The number of aliphatic hydroxyl groups excluding tert-OH is 1. The van der Waals surface area contributed by atoms with Gasteiger partial charge in [0.1, 0.15) is 23.5 Å². The summed E-state index contributed by atoms with van der Waals surface area (Å²) in [6, 6.07) is 15.7. The molecule has 42 heavy (non-hydrogen) atoms. The van der Waals surface area contributed by atoms with Gasteiger partial charge in [-0.3, -0.25) is 9.58 Å². The number of halogens is 1. The van der Waals surface area contributed by atoms with Gasteiger partial charge in [-0.05, 0) is 54.0 Å².